The fraction of sp³-hybridized carbons (Fsp3) is 0.692. The molecule has 1 atom stereocenters. The van der Waals surface area contributed by atoms with E-state index in [9.17, 15) is 0 Å². The molecular formula is C26H44O3Si2. The van der Waals surface area contributed by atoms with E-state index in [1.54, 1.807) is 13.2 Å². The molecule has 31 heavy (non-hydrogen) atoms. The lowest BCUT2D eigenvalue weighted by Crippen LogP contribution is -2.50. The highest BCUT2D eigenvalue weighted by atomic mass is 28.4. The van der Waals surface area contributed by atoms with E-state index in [-0.39, 0.29) is 10.1 Å². The third-order valence-electron chi connectivity index (χ3n) is 6.75. The zero-order chi connectivity index (χ0) is 24.0. The quantitative estimate of drug-likeness (QED) is 0.325. The molecule has 0 amide bonds. The van der Waals surface area contributed by atoms with Crippen molar-refractivity contribution >= 4 is 16.6 Å². The summed E-state index contributed by atoms with van der Waals surface area (Å²) >= 11 is 0. The van der Waals surface area contributed by atoms with Crippen LogP contribution in [0.2, 0.25) is 36.3 Å². The molecular weight excluding hydrogens is 416 g/mol. The highest BCUT2D eigenvalue weighted by molar-refractivity contribution is 6.74. The van der Waals surface area contributed by atoms with E-state index in [0.717, 1.165) is 25.0 Å². The van der Waals surface area contributed by atoms with Crippen LogP contribution in [0.5, 0.6) is 0 Å². The summed E-state index contributed by atoms with van der Waals surface area (Å²) in [4.78, 5) is 0. The molecule has 0 aromatic rings. The van der Waals surface area contributed by atoms with E-state index < -0.39 is 22.2 Å². The molecule has 0 aromatic heterocycles. The van der Waals surface area contributed by atoms with Gasteiger partial charge in [0.25, 0.3) is 0 Å². The van der Waals surface area contributed by atoms with E-state index in [1.165, 1.54) is 0 Å². The maximum Gasteiger partial charge on any atom is 0.250 e. The number of allylic oxidation sites excluding steroid dienone is 3. The smallest absolute Gasteiger partial charge is 0.250 e. The number of ether oxygens (including phenoxy) is 1. The normalized spacial score (nSPS) is 20.4. The van der Waals surface area contributed by atoms with Gasteiger partial charge in [-0.15, -0.1) is 0 Å². The molecule has 5 heteroatoms. The van der Waals surface area contributed by atoms with Gasteiger partial charge in [0.05, 0.1) is 5.76 Å². The lowest BCUT2D eigenvalue weighted by atomic mass is 9.89. The van der Waals surface area contributed by atoms with E-state index in [4.69, 9.17) is 13.6 Å². The molecule has 1 rings (SSSR count). The Morgan fingerprint density at radius 3 is 2.03 bits per heavy atom. The number of methoxy groups -OCH3 is 1. The second-order valence-electron chi connectivity index (χ2n) is 11.5. The average molecular weight is 461 g/mol. The first-order chi connectivity index (χ1) is 14.1. The molecule has 0 aliphatic heterocycles. The Morgan fingerprint density at radius 2 is 1.55 bits per heavy atom. The first-order valence-corrected chi connectivity index (χ1v) is 17.1. The van der Waals surface area contributed by atoms with Gasteiger partial charge in [-0.2, -0.15) is 0 Å². The molecule has 0 aromatic carbocycles. The van der Waals surface area contributed by atoms with Crippen molar-refractivity contribution in [3.63, 3.8) is 0 Å². The standard InChI is InChI=1S/C26H44O3Si2/c1-24(2,3)30(8,9)28-23-17-20-26(21-18-23,29-31(10,11)25(4,5)6)19-15-13-12-14-16-22-27-7/h12-13,17H,18,20-22H2,1-11H3/b13-12-. The highest BCUT2D eigenvalue weighted by Crippen LogP contribution is 2.44. The van der Waals surface area contributed by atoms with Crippen molar-refractivity contribution in [3.05, 3.63) is 24.0 Å². The molecule has 0 spiro atoms. The van der Waals surface area contributed by atoms with Gasteiger partial charge >= 0.3 is 0 Å². The van der Waals surface area contributed by atoms with Crippen LogP contribution in [-0.2, 0) is 13.6 Å². The van der Waals surface area contributed by atoms with Crippen molar-refractivity contribution in [2.45, 2.75) is 103 Å². The summed E-state index contributed by atoms with van der Waals surface area (Å²) in [5.41, 5.74) is -0.465. The summed E-state index contributed by atoms with van der Waals surface area (Å²) in [6, 6.07) is 0. The van der Waals surface area contributed by atoms with E-state index in [0.29, 0.717) is 6.61 Å². The van der Waals surface area contributed by atoms with Crippen molar-refractivity contribution in [3.8, 4) is 23.7 Å². The van der Waals surface area contributed by atoms with Gasteiger partial charge in [0.2, 0.25) is 8.32 Å². The molecule has 1 aliphatic carbocycles. The van der Waals surface area contributed by atoms with Crippen molar-refractivity contribution in [2.24, 2.45) is 0 Å². The summed E-state index contributed by atoms with van der Waals surface area (Å²) in [6.45, 7) is 23.3. The van der Waals surface area contributed by atoms with E-state index >= 15 is 0 Å². The van der Waals surface area contributed by atoms with Crippen LogP contribution in [0.3, 0.4) is 0 Å². The molecule has 3 nitrogen and oxygen atoms in total. The molecule has 174 valence electrons. The molecule has 0 saturated carbocycles. The first kappa shape index (κ1) is 27.8. The maximum absolute atomic E-state index is 6.91. The van der Waals surface area contributed by atoms with E-state index in [1.807, 2.05) is 6.08 Å². The summed E-state index contributed by atoms with van der Waals surface area (Å²) in [5, 5.41) is 0.319. The van der Waals surface area contributed by atoms with Crippen LogP contribution >= 0.6 is 0 Å². The number of hydrogen-bond donors (Lipinski definition) is 0. The fourth-order valence-corrected chi connectivity index (χ4v) is 5.35. The summed E-state index contributed by atoms with van der Waals surface area (Å²) in [7, 11) is -2.18. The summed E-state index contributed by atoms with van der Waals surface area (Å²) in [6.07, 6.45) is 8.30. The van der Waals surface area contributed by atoms with Crippen LogP contribution in [0, 0.1) is 23.7 Å². The van der Waals surface area contributed by atoms with Gasteiger partial charge in [-0.05, 0) is 60.9 Å². The monoisotopic (exact) mass is 460 g/mol. The van der Waals surface area contributed by atoms with Crippen molar-refractivity contribution in [1.82, 2.24) is 0 Å². The molecule has 0 bridgehead atoms. The van der Waals surface area contributed by atoms with Crippen LogP contribution in [0.4, 0.5) is 0 Å². The Kier molecular flexibility index (Phi) is 9.48. The minimum atomic E-state index is -1.98. The fourth-order valence-electron chi connectivity index (χ4n) is 2.68. The zero-order valence-electron chi connectivity index (χ0n) is 21.8. The van der Waals surface area contributed by atoms with Crippen molar-refractivity contribution in [2.75, 3.05) is 13.7 Å². The Bertz CT molecular complexity index is 787. The number of rotatable bonds is 5. The topological polar surface area (TPSA) is 27.7 Å². The van der Waals surface area contributed by atoms with E-state index in [2.05, 4.69) is 97.5 Å². The summed E-state index contributed by atoms with van der Waals surface area (Å²) < 4.78 is 18.4. The van der Waals surface area contributed by atoms with Gasteiger partial charge in [-0.3, -0.25) is 0 Å². The Hall–Kier alpha value is -1.25. The highest BCUT2D eigenvalue weighted by Gasteiger charge is 2.46. The van der Waals surface area contributed by atoms with Crippen LogP contribution in [0.1, 0.15) is 60.8 Å². The Balaban J connectivity index is 3.13. The predicted molar refractivity (Wildman–Crippen MR) is 138 cm³/mol. The molecule has 1 aliphatic rings. The van der Waals surface area contributed by atoms with Crippen molar-refractivity contribution < 1.29 is 13.6 Å². The Morgan fingerprint density at radius 1 is 0.968 bits per heavy atom. The molecule has 0 N–H and O–H groups in total. The zero-order valence-corrected chi connectivity index (χ0v) is 23.8. The van der Waals surface area contributed by atoms with Crippen LogP contribution in [0.25, 0.3) is 0 Å². The van der Waals surface area contributed by atoms with Gasteiger partial charge in [0, 0.05) is 20.0 Å². The molecule has 0 saturated heterocycles. The molecule has 0 radical (unpaired) electrons. The van der Waals surface area contributed by atoms with Gasteiger partial charge in [-0.25, -0.2) is 0 Å². The van der Waals surface area contributed by atoms with Crippen molar-refractivity contribution in [1.29, 1.82) is 0 Å². The average Bonchev–Trinajstić information content (AvgIpc) is 2.60. The minimum Gasteiger partial charge on any atom is -0.547 e. The largest absolute Gasteiger partial charge is 0.547 e. The van der Waals surface area contributed by atoms with Crippen LogP contribution in [-0.4, -0.2) is 36.0 Å². The lowest BCUT2D eigenvalue weighted by molar-refractivity contribution is 0.0935. The SMILES string of the molecule is COCC#C/C=C\C#CC1(O[Si](C)(C)C(C)(C)C)CC=C(O[Si](C)(C)C(C)(C)C)CC1. The Labute approximate surface area is 194 Å². The van der Waals surface area contributed by atoms with Gasteiger partial charge in [0.1, 0.15) is 12.2 Å². The third kappa shape index (κ3) is 8.31. The summed E-state index contributed by atoms with van der Waals surface area (Å²) in [5.74, 6) is 13.6. The van der Waals surface area contributed by atoms with Gasteiger partial charge in [0.15, 0.2) is 8.32 Å². The third-order valence-corrected chi connectivity index (χ3v) is 15.7. The number of hydrogen-bond acceptors (Lipinski definition) is 3. The first-order valence-electron chi connectivity index (χ1n) is 11.3. The maximum atomic E-state index is 6.91. The molecule has 1 unspecified atom stereocenters. The molecule has 0 heterocycles. The second kappa shape index (κ2) is 10.6. The molecule has 0 fully saturated rings. The lowest BCUT2D eigenvalue weighted by Gasteiger charge is -2.45. The van der Waals surface area contributed by atoms with Crippen LogP contribution < -0.4 is 0 Å². The van der Waals surface area contributed by atoms with Gasteiger partial charge < -0.3 is 13.6 Å². The minimum absolute atomic E-state index is 0.130. The second-order valence-corrected chi connectivity index (χ2v) is 20.9. The predicted octanol–water partition coefficient (Wildman–Crippen LogP) is 7.05. The van der Waals surface area contributed by atoms with Crippen LogP contribution in [0.15, 0.2) is 24.0 Å². The van der Waals surface area contributed by atoms with Gasteiger partial charge in [-0.1, -0.05) is 65.2 Å².